The largest absolute Gasteiger partial charge is 0.395 e. The summed E-state index contributed by atoms with van der Waals surface area (Å²) in [6, 6.07) is -0.520. The molecule has 0 bridgehead atoms. The molecule has 18 heavy (non-hydrogen) atoms. The number of aliphatic hydroxyl groups is 1. The molecule has 0 spiro atoms. The number of rotatable bonds is 5. The maximum Gasteiger partial charge on any atom is 0.214 e. The Morgan fingerprint density at radius 3 is 2.17 bits per heavy atom. The van der Waals surface area contributed by atoms with Crippen molar-refractivity contribution in [2.75, 3.05) is 18.1 Å². The fourth-order valence-electron chi connectivity index (χ4n) is 1.87. The predicted octanol–water partition coefficient (Wildman–Crippen LogP) is -0.500. The van der Waals surface area contributed by atoms with E-state index in [-0.39, 0.29) is 36.9 Å². The molecule has 1 aliphatic rings. The van der Waals surface area contributed by atoms with Gasteiger partial charge < -0.3 is 5.11 Å². The minimum absolute atomic E-state index is 0.0166. The van der Waals surface area contributed by atoms with E-state index in [0.29, 0.717) is 0 Å². The third-order valence-corrected chi connectivity index (χ3v) is 6.95. The number of nitrogens with one attached hydrogen (secondary N) is 1. The van der Waals surface area contributed by atoms with Gasteiger partial charge >= 0.3 is 0 Å². The van der Waals surface area contributed by atoms with Crippen molar-refractivity contribution in [1.82, 2.24) is 4.72 Å². The molecule has 0 aliphatic carbocycles. The van der Waals surface area contributed by atoms with Crippen molar-refractivity contribution >= 4 is 19.9 Å². The standard InChI is InChI=1S/C10H21NO5S2/c1-8(2)10(7-12)11-18(15,16)9-3-5-17(13,14)6-4-9/h8-12H,3-7H2,1-2H3/t10-/m1/s1. The Balaban J connectivity index is 2.70. The van der Waals surface area contributed by atoms with E-state index in [4.69, 9.17) is 5.11 Å². The van der Waals surface area contributed by atoms with Crippen LogP contribution in [-0.4, -0.2) is 51.3 Å². The Hall–Kier alpha value is -0.180. The van der Waals surface area contributed by atoms with Crippen molar-refractivity contribution in [3.8, 4) is 0 Å². The monoisotopic (exact) mass is 299 g/mol. The SMILES string of the molecule is CC(C)[C@@H](CO)NS(=O)(=O)C1CCS(=O)(=O)CC1. The number of hydrogen-bond donors (Lipinski definition) is 2. The lowest BCUT2D eigenvalue weighted by Crippen LogP contribution is -2.47. The van der Waals surface area contributed by atoms with Crippen LogP contribution in [-0.2, 0) is 19.9 Å². The van der Waals surface area contributed by atoms with Gasteiger partial charge in [-0.1, -0.05) is 13.8 Å². The maximum absolute atomic E-state index is 12.1. The van der Waals surface area contributed by atoms with Crippen LogP contribution in [0.25, 0.3) is 0 Å². The first kappa shape index (κ1) is 15.9. The molecular weight excluding hydrogens is 278 g/mol. The maximum atomic E-state index is 12.1. The van der Waals surface area contributed by atoms with E-state index in [9.17, 15) is 16.8 Å². The molecule has 6 nitrogen and oxygen atoms in total. The van der Waals surface area contributed by atoms with E-state index in [1.807, 2.05) is 13.8 Å². The fourth-order valence-corrected chi connectivity index (χ4v) is 5.48. The molecule has 1 aliphatic heterocycles. The molecule has 1 rings (SSSR count). The summed E-state index contributed by atoms with van der Waals surface area (Å²) >= 11 is 0. The van der Waals surface area contributed by atoms with E-state index in [1.54, 1.807) is 0 Å². The lowest BCUT2D eigenvalue weighted by atomic mass is 10.1. The highest BCUT2D eigenvalue weighted by Gasteiger charge is 2.34. The van der Waals surface area contributed by atoms with Crippen molar-refractivity contribution in [2.24, 2.45) is 5.92 Å². The molecule has 1 heterocycles. The van der Waals surface area contributed by atoms with Crippen molar-refractivity contribution < 1.29 is 21.9 Å². The van der Waals surface area contributed by atoms with Crippen LogP contribution in [0.1, 0.15) is 26.7 Å². The third-order valence-electron chi connectivity index (χ3n) is 3.26. The van der Waals surface area contributed by atoms with Gasteiger partial charge in [-0.2, -0.15) is 0 Å². The lowest BCUT2D eigenvalue weighted by Gasteiger charge is -2.26. The van der Waals surface area contributed by atoms with Gasteiger partial charge in [0, 0.05) is 6.04 Å². The topological polar surface area (TPSA) is 101 Å². The highest BCUT2D eigenvalue weighted by atomic mass is 32.2. The van der Waals surface area contributed by atoms with Crippen LogP contribution in [0.5, 0.6) is 0 Å². The number of sulfonamides is 1. The van der Waals surface area contributed by atoms with Crippen molar-refractivity contribution in [3.05, 3.63) is 0 Å². The third kappa shape index (κ3) is 4.18. The second-order valence-electron chi connectivity index (χ2n) is 5.05. The van der Waals surface area contributed by atoms with Gasteiger partial charge in [-0.15, -0.1) is 0 Å². The number of hydrogen-bond acceptors (Lipinski definition) is 5. The summed E-state index contributed by atoms with van der Waals surface area (Å²) < 4.78 is 49.1. The summed E-state index contributed by atoms with van der Waals surface area (Å²) in [5, 5.41) is 8.45. The first-order chi connectivity index (χ1) is 8.18. The van der Waals surface area contributed by atoms with Crippen LogP contribution in [0.15, 0.2) is 0 Å². The molecule has 1 atom stereocenters. The average molecular weight is 299 g/mol. The molecular formula is C10H21NO5S2. The van der Waals surface area contributed by atoms with Crippen LogP contribution in [0.4, 0.5) is 0 Å². The van der Waals surface area contributed by atoms with Gasteiger partial charge in [-0.25, -0.2) is 21.6 Å². The fraction of sp³-hybridized carbons (Fsp3) is 1.00. The Kier molecular flexibility index (Phi) is 5.16. The Bertz CT molecular complexity index is 454. The van der Waals surface area contributed by atoms with Gasteiger partial charge in [-0.3, -0.25) is 0 Å². The van der Waals surface area contributed by atoms with E-state index in [2.05, 4.69) is 4.72 Å². The molecule has 0 amide bonds. The molecule has 2 N–H and O–H groups in total. The zero-order valence-corrected chi connectivity index (χ0v) is 12.3. The van der Waals surface area contributed by atoms with E-state index >= 15 is 0 Å². The summed E-state index contributed by atoms with van der Waals surface area (Å²) in [7, 11) is -6.63. The minimum atomic E-state index is -3.56. The minimum Gasteiger partial charge on any atom is -0.395 e. The van der Waals surface area contributed by atoms with Gasteiger partial charge in [0.25, 0.3) is 0 Å². The second kappa shape index (κ2) is 5.85. The van der Waals surface area contributed by atoms with Crippen LogP contribution in [0.2, 0.25) is 0 Å². The predicted molar refractivity (Wildman–Crippen MR) is 69.4 cm³/mol. The average Bonchev–Trinajstić information content (AvgIpc) is 2.25. The summed E-state index contributed by atoms with van der Waals surface area (Å²) in [4.78, 5) is 0. The zero-order valence-electron chi connectivity index (χ0n) is 10.7. The van der Waals surface area contributed by atoms with Crippen molar-refractivity contribution in [2.45, 2.75) is 38.0 Å². The quantitative estimate of drug-likeness (QED) is 0.713. The normalized spacial score (nSPS) is 23.1. The summed E-state index contributed by atoms with van der Waals surface area (Å²) in [5.74, 6) is -0.175. The highest BCUT2D eigenvalue weighted by Crippen LogP contribution is 2.19. The lowest BCUT2D eigenvalue weighted by molar-refractivity contribution is 0.227. The molecule has 0 radical (unpaired) electrons. The van der Waals surface area contributed by atoms with Gasteiger partial charge in [0.1, 0.15) is 9.84 Å². The summed E-state index contributed by atoms with van der Waals surface area (Å²) in [5.41, 5.74) is 0. The molecule has 1 saturated heterocycles. The van der Waals surface area contributed by atoms with E-state index < -0.39 is 31.2 Å². The first-order valence-corrected chi connectivity index (χ1v) is 9.37. The zero-order chi connectivity index (χ0) is 14.0. The molecule has 0 aromatic rings. The molecule has 0 unspecified atom stereocenters. The highest BCUT2D eigenvalue weighted by molar-refractivity contribution is 7.92. The number of aliphatic hydroxyl groups excluding tert-OH is 1. The Morgan fingerprint density at radius 2 is 1.78 bits per heavy atom. The van der Waals surface area contributed by atoms with E-state index in [0.717, 1.165) is 0 Å². The number of sulfone groups is 1. The molecule has 1 fully saturated rings. The Labute approximate surface area is 109 Å². The van der Waals surface area contributed by atoms with Crippen LogP contribution in [0.3, 0.4) is 0 Å². The second-order valence-corrected chi connectivity index (χ2v) is 9.34. The van der Waals surface area contributed by atoms with Gasteiger partial charge in [0.05, 0.1) is 23.4 Å². The van der Waals surface area contributed by atoms with Gasteiger partial charge in [0.2, 0.25) is 10.0 Å². The molecule has 0 aromatic heterocycles. The summed E-state index contributed by atoms with van der Waals surface area (Å²) in [6.45, 7) is 3.37. The van der Waals surface area contributed by atoms with Crippen LogP contribution in [0, 0.1) is 5.92 Å². The van der Waals surface area contributed by atoms with Gasteiger partial charge in [-0.05, 0) is 18.8 Å². The van der Waals surface area contributed by atoms with E-state index in [1.165, 1.54) is 0 Å². The smallest absolute Gasteiger partial charge is 0.214 e. The Morgan fingerprint density at radius 1 is 1.28 bits per heavy atom. The molecule has 0 aromatic carbocycles. The molecule has 8 heteroatoms. The molecule has 108 valence electrons. The summed E-state index contributed by atoms with van der Waals surface area (Å²) in [6.07, 6.45) is 0.266. The first-order valence-electron chi connectivity index (χ1n) is 6.00. The van der Waals surface area contributed by atoms with Crippen molar-refractivity contribution in [3.63, 3.8) is 0 Å². The van der Waals surface area contributed by atoms with Gasteiger partial charge in [0.15, 0.2) is 0 Å². The van der Waals surface area contributed by atoms with Crippen molar-refractivity contribution in [1.29, 1.82) is 0 Å². The molecule has 0 saturated carbocycles. The van der Waals surface area contributed by atoms with Crippen LogP contribution < -0.4 is 4.72 Å². The van der Waals surface area contributed by atoms with Crippen LogP contribution >= 0.6 is 0 Å².